The third-order valence-electron chi connectivity index (χ3n) is 3.90. The van der Waals surface area contributed by atoms with Gasteiger partial charge >= 0.3 is 0 Å². The standard InChI is InChI=1S/C20H13FN2O3/c1-13-6-7-15(23(24)25)11-18(13)20-9-8-16(26-20)10-14(12-22)17-4-2-3-5-19(17)21/h2-11H,1H3. The Bertz CT molecular complexity index is 1060. The normalized spacial score (nSPS) is 11.2. The van der Waals surface area contributed by atoms with E-state index in [0.717, 1.165) is 5.56 Å². The molecular weight excluding hydrogens is 335 g/mol. The second-order valence-corrected chi connectivity index (χ2v) is 5.61. The molecule has 0 radical (unpaired) electrons. The van der Waals surface area contributed by atoms with E-state index >= 15 is 0 Å². The number of furan rings is 1. The molecule has 2 aromatic carbocycles. The molecule has 128 valence electrons. The van der Waals surface area contributed by atoms with E-state index in [-0.39, 0.29) is 16.8 Å². The zero-order chi connectivity index (χ0) is 18.7. The van der Waals surface area contributed by atoms with Crippen LogP contribution in [0.5, 0.6) is 0 Å². The average molecular weight is 348 g/mol. The summed E-state index contributed by atoms with van der Waals surface area (Å²) in [6.45, 7) is 1.82. The first-order valence-electron chi connectivity index (χ1n) is 7.71. The number of hydrogen-bond donors (Lipinski definition) is 0. The molecule has 0 spiro atoms. The highest BCUT2D eigenvalue weighted by Crippen LogP contribution is 2.30. The minimum Gasteiger partial charge on any atom is -0.457 e. The fourth-order valence-electron chi connectivity index (χ4n) is 2.56. The van der Waals surface area contributed by atoms with Gasteiger partial charge in [0.1, 0.15) is 17.3 Å². The molecule has 5 nitrogen and oxygen atoms in total. The fraction of sp³-hybridized carbons (Fsp3) is 0.0500. The van der Waals surface area contributed by atoms with E-state index in [4.69, 9.17) is 4.42 Å². The molecule has 0 atom stereocenters. The third-order valence-corrected chi connectivity index (χ3v) is 3.90. The molecule has 0 saturated carbocycles. The van der Waals surface area contributed by atoms with Crippen molar-refractivity contribution in [1.82, 2.24) is 0 Å². The molecule has 0 aliphatic rings. The maximum Gasteiger partial charge on any atom is 0.270 e. The van der Waals surface area contributed by atoms with Crippen molar-refractivity contribution in [1.29, 1.82) is 5.26 Å². The van der Waals surface area contributed by atoms with Gasteiger partial charge in [0.25, 0.3) is 5.69 Å². The first kappa shape index (κ1) is 17.1. The molecule has 1 aromatic heterocycles. The van der Waals surface area contributed by atoms with Crippen molar-refractivity contribution in [3.63, 3.8) is 0 Å². The van der Waals surface area contributed by atoms with Crippen molar-refractivity contribution in [2.75, 3.05) is 0 Å². The SMILES string of the molecule is Cc1ccc([N+](=O)[O-])cc1-c1ccc(C=C(C#N)c2ccccc2F)o1. The van der Waals surface area contributed by atoms with Crippen molar-refractivity contribution in [3.8, 4) is 17.4 Å². The number of rotatable bonds is 4. The van der Waals surface area contributed by atoms with E-state index in [1.165, 1.54) is 30.3 Å². The highest BCUT2D eigenvalue weighted by molar-refractivity contribution is 5.89. The largest absolute Gasteiger partial charge is 0.457 e. The number of aryl methyl sites for hydroxylation is 1. The van der Waals surface area contributed by atoms with Crippen LogP contribution in [0.4, 0.5) is 10.1 Å². The van der Waals surface area contributed by atoms with Crippen molar-refractivity contribution in [2.24, 2.45) is 0 Å². The topological polar surface area (TPSA) is 80.1 Å². The quantitative estimate of drug-likeness (QED) is 0.361. The van der Waals surface area contributed by atoms with Gasteiger partial charge in [0.2, 0.25) is 0 Å². The van der Waals surface area contributed by atoms with Gasteiger partial charge in [-0.25, -0.2) is 4.39 Å². The summed E-state index contributed by atoms with van der Waals surface area (Å²) in [6.07, 6.45) is 1.44. The molecule has 0 unspecified atom stereocenters. The summed E-state index contributed by atoms with van der Waals surface area (Å²) < 4.78 is 19.6. The second kappa shape index (κ2) is 7.03. The molecule has 6 heteroatoms. The van der Waals surface area contributed by atoms with Crippen molar-refractivity contribution >= 4 is 17.3 Å². The molecule has 0 saturated heterocycles. The van der Waals surface area contributed by atoms with E-state index in [0.29, 0.717) is 17.1 Å². The molecule has 26 heavy (non-hydrogen) atoms. The number of allylic oxidation sites excluding steroid dienone is 1. The smallest absolute Gasteiger partial charge is 0.270 e. The Morgan fingerprint density at radius 3 is 2.69 bits per heavy atom. The fourth-order valence-corrected chi connectivity index (χ4v) is 2.56. The lowest BCUT2D eigenvalue weighted by molar-refractivity contribution is -0.384. The minimum atomic E-state index is -0.499. The van der Waals surface area contributed by atoms with Crippen LogP contribution in [-0.4, -0.2) is 4.92 Å². The van der Waals surface area contributed by atoms with Crippen LogP contribution in [0, 0.1) is 34.2 Å². The van der Waals surface area contributed by atoms with Crippen molar-refractivity contribution < 1.29 is 13.7 Å². The van der Waals surface area contributed by atoms with Crippen LogP contribution in [0.2, 0.25) is 0 Å². The number of non-ortho nitro benzene ring substituents is 1. The van der Waals surface area contributed by atoms with Crippen LogP contribution < -0.4 is 0 Å². The van der Waals surface area contributed by atoms with Gasteiger partial charge in [-0.15, -0.1) is 0 Å². The molecule has 3 aromatic rings. The van der Waals surface area contributed by atoms with Gasteiger partial charge in [0.15, 0.2) is 0 Å². The Hall–Kier alpha value is -3.72. The highest BCUT2D eigenvalue weighted by atomic mass is 19.1. The Balaban J connectivity index is 2.01. The number of halogens is 1. The molecule has 1 heterocycles. The molecule has 0 aliphatic heterocycles. The minimum absolute atomic E-state index is 0.0387. The van der Waals surface area contributed by atoms with Crippen LogP contribution in [0.15, 0.2) is 59.0 Å². The van der Waals surface area contributed by atoms with Gasteiger partial charge in [-0.1, -0.05) is 24.3 Å². The van der Waals surface area contributed by atoms with Crippen LogP contribution >= 0.6 is 0 Å². The lowest BCUT2D eigenvalue weighted by Crippen LogP contribution is -1.90. The second-order valence-electron chi connectivity index (χ2n) is 5.61. The van der Waals surface area contributed by atoms with Gasteiger partial charge in [0, 0.05) is 23.3 Å². The number of nitriles is 1. The van der Waals surface area contributed by atoms with Crippen molar-refractivity contribution in [3.05, 3.63) is 87.4 Å². The monoisotopic (exact) mass is 348 g/mol. The predicted octanol–water partition coefficient (Wildman–Crippen LogP) is 5.37. The van der Waals surface area contributed by atoms with Crippen LogP contribution in [0.3, 0.4) is 0 Å². The summed E-state index contributed by atoms with van der Waals surface area (Å²) in [5, 5.41) is 20.3. The maximum absolute atomic E-state index is 13.9. The van der Waals surface area contributed by atoms with Crippen LogP contribution in [-0.2, 0) is 0 Å². The predicted molar refractivity (Wildman–Crippen MR) is 95.4 cm³/mol. The third kappa shape index (κ3) is 3.37. The van der Waals surface area contributed by atoms with E-state index in [9.17, 15) is 19.8 Å². The summed E-state index contributed by atoms with van der Waals surface area (Å²) in [6, 6.07) is 15.7. The molecular formula is C20H13FN2O3. The Kier molecular flexibility index (Phi) is 4.63. The summed E-state index contributed by atoms with van der Waals surface area (Å²) in [5.41, 5.74) is 1.67. The van der Waals surface area contributed by atoms with E-state index in [1.54, 1.807) is 30.3 Å². The van der Waals surface area contributed by atoms with E-state index < -0.39 is 10.7 Å². The molecule has 3 rings (SSSR count). The lowest BCUT2D eigenvalue weighted by atomic mass is 10.1. The number of hydrogen-bond acceptors (Lipinski definition) is 4. The molecule has 0 fully saturated rings. The van der Waals surface area contributed by atoms with E-state index in [1.807, 2.05) is 13.0 Å². The van der Waals surface area contributed by atoms with Crippen LogP contribution in [0.25, 0.3) is 23.0 Å². The number of benzene rings is 2. The Labute approximate surface area is 148 Å². The molecule has 0 aliphatic carbocycles. The maximum atomic E-state index is 13.9. The number of nitro benzene ring substituents is 1. The zero-order valence-corrected chi connectivity index (χ0v) is 13.8. The highest BCUT2D eigenvalue weighted by Gasteiger charge is 2.14. The van der Waals surface area contributed by atoms with Gasteiger partial charge in [0.05, 0.1) is 16.6 Å². The summed E-state index contributed by atoms with van der Waals surface area (Å²) in [7, 11) is 0. The van der Waals surface area contributed by atoms with E-state index in [2.05, 4.69) is 0 Å². The first-order chi connectivity index (χ1) is 12.5. The summed E-state index contributed by atoms with van der Waals surface area (Å²) >= 11 is 0. The Morgan fingerprint density at radius 1 is 1.23 bits per heavy atom. The van der Waals surface area contributed by atoms with Gasteiger partial charge in [-0.05, 0) is 36.8 Å². The average Bonchev–Trinajstić information content (AvgIpc) is 3.09. The number of nitro groups is 1. The van der Waals surface area contributed by atoms with Crippen molar-refractivity contribution in [2.45, 2.75) is 6.92 Å². The molecule has 0 bridgehead atoms. The van der Waals surface area contributed by atoms with Gasteiger partial charge in [-0.3, -0.25) is 10.1 Å². The number of nitrogens with zero attached hydrogens (tertiary/aromatic N) is 2. The lowest BCUT2D eigenvalue weighted by Gasteiger charge is -2.02. The van der Waals surface area contributed by atoms with Crippen LogP contribution in [0.1, 0.15) is 16.9 Å². The van der Waals surface area contributed by atoms with Gasteiger partial charge < -0.3 is 4.42 Å². The first-order valence-corrected chi connectivity index (χ1v) is 7.71. The molecule has 0 amide bonds. The molecule has 0 N–H and O–H groups in total. The Morgan fingerprint density at radius 2 is 2.00 bits per heavy atom. The summed E-state index contributed by atoms with van der Waals surface area (Å²) in [5.74, 6) is 0.288. The summed E-state index contributed by atoms with van der Waals surface area (Å²) in [4.78, 5) is 10.5. The zero-order valence-electron chi connectivity index (χ0n) is 13.8. The van der Waals surface area contributed by atoms with Gasteiger partial charge in [-0.2, -0.15) is 5.26 Å².